The maximum absolute atomic E-state index is 12.5. The topological polar surface area (TPSA) is 32.3 Å². The molecular weight excluding hydrogens is 260 g/mol. The minimum atomic E-state index is -0.0191. The van der Waals surface area contributed by atoms with E-state index in [0.717, 1.165) is 37.9 Å². The lowest BCUT2D eigenvalue weighted by atomic mass is 9.94. The Hall–Kier alpha value is -1.35. The number of hydrogen-bond acceptors (Lipinski definition) is 2. The fraction of sp³-hybridized carbons (Fsp3) is 0.611. The zero-order chi connectivity index (χ0) is 15.2. The van der Waals surface area contributed by atoms with Gasteiger partial charge < -0.3 is 10.2 Å². The fourth-order valence-corrected chi connectivity index (χ4v) is 3.12. The minimum Gasteiger partial charge on any atom is -0.353 e. The van der Waals surface area contributed by atoms with Crippen molar-refractivity contribution in [3.05, 3.63) is 35.9 Å². The molecule has 1 aliphatic rings. The average molecular weight is 288 g/mol. The summed E-state index contributed by atoms with van der Waals surface area (Å²) < 4.78 is 0. The van der Waals surface area contributed by atoms with E-state index in [1.165, 1.54) is 0 Å². The number of nitrogens with zero attached hydrogens (tertiary/aromatic N) is 1. The number of carbonyl (C=O) groups excluding carboxylic acids is 1. The van der Waals surface area contributed by atoms with Crippen LogP contribution in [-0.4, -0.2) is 36.0 Å². The smallest absolute Gasteiger partial charge is 0.227 e. The molecule has 1 aliphatic heterocycles. The lowest BCUT2D eigenvalue weighted by molar-refractivity contribution is -0.123. The van der Waals surface area contributed by atoms with Gasteiger partial charge in [0, 0.05) is 25.2 Å². The second-order valence-electron chi connectivity index (χ2n) is 6.28. The summed E-state index contributed by atoms with van der Waals surface area (Å²) in [5, 5.41) is 3.26. The molecule has 116 valence electrons. The third kappa shape index (κ3) is 4.31. The summed E-state index contributed by atoms with van der Waals surface area (Å²) in [5.74, 6) is 0.168. The van der Waals surface area contributed by atoms with E-state index in [-0.39, 0.29) is 11.8 Å². The first kappa shape index (κ1) is 16.0. The van der Waals surface area contributed by atoms with Crippen LogP contribution in [0.25, 0.3) is 0 Å². The summed E-state index contributed by atoms with van der Waals surface area (Å²) in [7, 11) is 0. The molecule has 1 fully saturated rings. The molecule has 1 aromatic carbocycles. The van der Waals surface area contributed by atoms with Gasteiger partial charge in [-0.3, -0.25) is 4.79 Å². The molecule has 0 bridgehead atoms. The number of nitrogens with one attached hydrogen (secondary N) is 1. The van der Waals surface area contributed by atoms with Crippen molar-refractivity contribution in [2.75, 3.05) is 13.1 Å². The Kier molecular flexibility index (Phi) is 5.80. The number of carbonyl (C=O) groups is 1. The van der Waals surface area contributed by atoms with Gasteiger partial charge in [0.1, 0.15) is 0 Å². The van der Waals surface area contributed by atoms with Crippen LogP contribution in [0.4, 0.5) is 0 Å². The maximum atomic E-state index is 12.5. The first-order valence-corrected chi connectivity index (χ1v) is 8.21. The predicted octanol–water partition coefficient (Wildman–Crippen LogP) is 3.17. The van der Waals surface area contributed by atoms with E-state index in [2.05, 4.69) is 43.1 Å². The van der Waals surface area contributed by atoms with Gasteiger partial charge in [-0.05, 0) is 38.7 Å². The van der Waals surface area contributed by atoms with E-state index in [0.29, 0.717) is 12.1 Å². The van der Waals surface area contributed by atoms with Crippen molar-refractivity contribution in [2.45, 2.75) is 58.0 Å². The lowest BCUT2D eigenvalue weighted by Gasteiger charge is -2.35. The second kappa shape index (κ2) is 7.60. The number of benzene rings is 1. The Balaban J connectivity index is 1.89. The van der Waals surface area contributed by atoms with Crippen molar-refractivity contribution in [2.24, 2.45) is 0 Å². The largest absolute Gasteiger partial charge is 0.353 e. The fourth-order valence-electron chi connectivity index (χ4n) is 3.12. The van der Waals surface area contributed by atoms with Crippen LogP contribution < -0.4 is 5.32 Å². The molecule has 1 heterocycles. The number of hydrogen-bond donors (Lipinski definition) is 1. The van der Waals surface area contributed by atoms with E-state index in [9.17, 15) is 4.79 Å². The number of piperidine rings is 1. The van der Waals surface area contributed by atoms with Crippen molar-refractivity contribution < 1.29 is 4.79 Å². The molecule has 3 heteroatoms. The van der Waals surface area contributed by atoms with Gasteiger partial charge in [-0.1, -0.05) is 37.3 Å². The van der Waals surface area contributed by atoms with Crippen molar-refractivity contribution in [3.63, 3.8) is 0 Å². The summed E-state index contributed by atoms with van der Waals surface area (Å²) >= 11 is 0. The van der Waals surface area contributed by atoms with Crippen LogP contribution in [-0.2, 0) is 4.79 Å². The molecule has 1 amide bonds. The molecule has 1 saturated heterocycles. The molecule has 2 rings (SSSR count). The Morgan fingerprint density at radius 3 is 2.38 bits per heavy atom. The van der Waals surface area contributed by atoms with Crippen molar-refractivity contribution >= 4 is 5.91 Å². The summed E-state index contributed by atoms with van der Waals surface area (Å²) in [6.07, 6.45) is 2.98. The highest BCUT2D eigenvalue weighted by atomic mass is 16.1. The quantitative estimate of drug-likeness (QED) is 0.902. The van der Waals surface area contributed by atoms with Gasteiger partial charge >= 0.3 is 0 Å². The molecule has 1 N–H and O–H groups in total. The number of likely N-dealkylation sites (tertiary alicyclic amines) is 1. The molecule has 0 aromatic heterocycles. The molecule has 21 heavy (non-hydrogen) atoms. The maximum Gasteiger partial charge on any atom is 0.227 e. The Morgan fingerprint density at radius 1 is 1.24 bits per heavy atom. The van der Waals surface area contributed by atoms with Crippen LogP contribution in [0.15, 0.2) is 30.3 Å². The van der Waals surface area contributed by atoms with Crippen molar-refractivity contribution in [1.82, 2.24) is 10.2 Å². The van der Waals surface area contributed by atoms with Gasteiger partial charge in [-0.25, -0.2) is 0 Å². The summed E-state index contributed by atoms with van der Waals surface area (Å²) in [5.41, 5.74) is 1.12. The summed E-state index contributed by atoms with van der Waals surface area (Å²) in [4.78, 5) is 15.0. The van der Waals surface area contributed by atoms with Crippen LogP contribution in [0.1, 0.15) is 51.5 Å². The van der Waals surface area contributed by atoms with Crippen molar-refractivity contribution in [1.29, 1.82) is 0 Å². The highest BCUT2D eigenvalue weighted by molar-refractivity contribution is 5.83. The normalized spacial score (nSPS) is 18.7. The summed E-state index contributed by atoms with van der Waals surface area (Å²) in [6.45, 7) is 8.73. The Morgan fingerprint density at radius 2 is 1.86 bits per heavy atom. The molecule has 0 aliphatic carbocycles. The van der Waals surface area contributed by atoms with E-state index in [1.807, 2.05) is 18.2 Å². The molecule has 0 unspecified atom stereocenters. The third-order valence-corrected chi connectivity index (χ3v) is 4.53. The molecule has 1 atom stereocenters. The predicted molar refractivity (Wildman–Crippen MR) is 87.3 cm³/mol. The zero-order valence-electron chi connectivity index (χ0n) is 13.5. The average Bonchev–Trinajstić information content (AvgIpc) is 2.49. The number of rotatable bonds is 5. The van der Waals surface area contributed by atoms with Gasteiger partial charge in [0.25, 0.3) is 0 Å². The standard InChI is InChI=1S/C18H28N2O/c1-4-17(15-8-6-5-7-9-15)18(21)19-16-10-12-20(13-11-16)14(2)3/h5-9,14,16-17H,4,10-13H2,1-3H3,(H,19,21)/t17-/m1/s1. The van der Waals surface area contributed by atoms with E-state index in [1.54, 1.807) is 0 Å². The monoisotopic (exact) mass is 288 g/mol. The first-order valence-electron chi connectivity index (χ1n) is 8.21. The van der Waals surface area contributed by atoms with Gasteiger partial charge in [0.2, 0.25) is 5.91 Å². The molecule has 3 nitrogen and oxygen atoms in total. The highest BCUT2D eigenvalue weighted by Crippen LogP contribution is 2.21. The van der Waals surface area contributed by atoms with Crippen molar-refractivity contribution in [3.8, 4) is 0 Å². The Labute approximate surface area is 128 Å². The third-order valence-electron chi connectivity index (χ3n) is 4.53. The lowest BCUT2D eigenvalue weighted by Crippen LogP contribution is -2.47. The van der Waals surface area contributed by atoms with Gasteiger partial charge in [-0.2, -0.15) is 0 Å². The second-order valence-corrected chi connectivity index (χ2v) is 6.28. The molecule has 0 saturated carbocycles. The molecule has 1 aromatic rings. The van der Waals surface area contributed by atoms with Gasteiger partial charge in [-0.15, -0.1) is 0 Å². The number of amides is 1. The first-order chi connectivity index (χ1) is 10.1. The zero-order valence-corrected chi connectivity index (χ0v) is 13.5. The van der Waals surface area contributed by atoms with Gasteiger partial charge in [0.15, 0.2) is 0 Å². The van der Waals surface area contributed by atoms with Gasteiger partial charge in [0.05, 0.1) is 5.92 Å². The molecular formula is C18H28N2O. The minimum absolute atomic E-state index is 0.0191. The van der Waals surface area contributed by atoms with Crippen LogP contribution in [0.3, 0.4) is 0 Å². The van der Waals surface area contributed by atoms with Crippen LogP contribution in [0, 0.1) is 0 Å². The SMILES string of the molecule is CC[C@@H](C(=O)NC1CCN(C(C)C)CC1)c1ccccc1. The van der Waals surface area contributed by atoms with Crippen LogP contribution >= 0.6 is 0 Å². The van der Waals surface area contributed by atoms with E-state index in [4.69, 9.17) is 0 Å². The van der Waals surface area contributed by atoms with E-state index < -0.39 is 0 Å². The van der Waals surface area contributed by atoms with Crippen LogP contribution in [0.2, 0.25) is 0 Å². The van der Waals surface area contributed by atoms with Crippen LogP contribution in [0.5, 0.6) is 0 Å². The molecule has 0 radical (unpaired) electrons. The Bertz CT molecular complexity index is 436. The summed E-state index contributed by atoms with van der Waals surface area (Å²) in [6, 6.07) is 11.1. The highest BCUT2D eigenvalue weighted by Gasteiger charge is 2.25. The van der Waals surface area contributed by atoms with E-state index >= 15 is 0 Å². The molecule has 0 spiro atoms.